The summed E-state index contributed by atoms with van der Waals surface area (Å²) >= 11 is 1.62. The molecule has 108 valence electrons. The largest absolute Gasteiger partial charge is 0.376 e. The fourth-order valence-corrected chi connectivity index (χ4v) is 2.86. The number of nitrogens with one attached hydrogen (secondary N) is 2. The first-order valence-corrected chi connectivity index (χ1v) is 7.67. The highest BCUT2D eigenvalue weighted by atomic mass is 32.1. The van der Waals surface area contributed by atoms with Crippen LogP contribution in [0, 0.1) is 0 Å². The van der Waals surface area contributed by atoms with Gasteiger partial charge in [-0.3, -0.25) is 0 Å². The van der Waals surface area contributed by atoms with Gasteiger partial charge in [-0.15, -0.1) is 11.3 Å². The Bertz CT molecular complexity index is 568. The van der Waals surface area contributed by atoms with E-state index in [2.05, 4.69) is 20.6 Å². The van der Waals surface area contributed by atoms with E-state index in [-0.39, 0.29) is 6.10 Å². The van der Waals surface area contributed by atoms with E-state index in [1.54, 1.807) is 11.3 Å². The van der Waals surface area contributed by atoms with E-state index in [9.17, 15) is 0 Å². The van der Waals surface area contributed by atoms with Crippen molar-refractivity contribution in [2.24, 2.45) is 0 Å². The van der Waals surface area contributed by atoms with Crippen molar-refractivity contribution in [1.82, 2.24) is 9.97 Å². The molecule has 0 aliphatic carbocycles. The van der Waals surface area contributed by atoms with E-state index >= 15 is 0 Å². The Hall–Kier alpha value is -1.44. The normalized spacial score (nSPS) is 19.1. The highest BCUT2D eigenvalue weighted by Crippen LogP contribution is 2.26. The zero-order chi connectivity index (χ0) is 13.8. The topological polar surface area (TPSA) is 68.3 Å². The molecule has 1 atom stereocenters. The standard InChI is InChI=1S/C13H18N4O2S/c1-2-14-13-16-11(10-3-6-20-12(10)17-13)15-7-9-8-18-4-5-19-9/h3,6,9H,2,4-5,7-8H2,1H3,(H2,14,15,16,17). The van der Waals surface area contributed by atoms with Gasteiger partial charge in [0.25, 0.3) is 0 Å². The van der Waals surface area contributed by atoms with Crippen molar-refractivity contribution < 1.29 is 9.47 Å². The molecule has 7 heteroatoms. The second-order valence-electron chi connectivity index (χ2n) is 4.51. The molecule has 1 aliphatic heterocycles. The SMILES string of the molecule is CCNc1nc(NCC2COCCO2)c2ccsc2n1. The maximum absolute atomic E-state index is 5.63. The monoisotopic (exact) mass is 294 g/mol. The van der Waals surface area contributed by atoms with Gasteiger partial charge in [0.05, 0.1) is 31.3 Å². The molecule has 0 bridgehead atoms. The molecule has 1 fully saturated rings. The summed E-state index contributed by atoms with van der Waals surface area (Å²) in [5.74, 6) is 1.51. The molecule has 3 heterocycles. The van der Waals surface area contributed by atoms with Gasteiger partial charge >= 0.3 is 0 Å². The van der Waals surface area contributed by atoms with E-state index < -0.39 is 0 Å². The first kappa shape index (κ1) is 13.5. The van der Waals surface area contributed by atoms with Crippen LogP contribution in [0.5, 0.6) is 0 Å². The van der Waals surface area contributed by atoms with Crippen LogP contribution in [-0.2, 0) is 9.47 Å². The van der Waals surface area contributed by atoms with Gasteiger partial charge in [0.15, 0.2) is 0 Å². The Labute approximate surface area is 121 Å². The number of anilines is 2. The summed E-state index contributed by atoms with van der Waals surface area (Å²) in [6, 6.07) is 2.04. The molecule has 0 saturated carbocycles. The second kappa shape index (κ2) is 6.34. The first-order chi connectivity index (χ1) is 9.86. The maximum atomic E-state index is 5.63. The lowest BCUT2D eigenvalue weighted by Crippen LogP contribution is -2.34. The van der Waals surface area contributed by atoms with Crippen molar-refractivity contribution >= 4 is 33.3 Å². The summed E-state index contributed by atoms with van der Waals surface area (Å²) < 4.78 is 11.0. The highest BCUT2D eigenvalue weighted by molar-refractivity contribution is 7.16. The van der Waals surface area contributed by atoms with Crippen LogP contribution in [0.3, 0.4) is 0 Å². The van der Waals surface area contributed by atoms with E-state index in [0.717, 1.165) is 22.6 Å². The summed E-state index contributed by atoms with van der Waals surface area (Å²) in [5, 5.41) is 9.59. The number of rotatable bonds is 5. The third-order valence-electron chi connectivity index (χ3n) is 3.04. The van der Waals surface area contributed by atoms with Crippen molar-refractivity contribution in [1.29, 1.82) is 0 Å². The minimum Gasteiger partial charge on any atom is -0.376 e. The molecule has 20 heavy (non-hydrogen) atoms. The molecule has 2 aromatic heterocycles. The van der Waals surface area contributed by atoms with Gasteiger partial charge in [0.1, 0.15) is 10.6 Å². The van der Waals surface area contributed by atoms with Gasteiger partial charge in [-0.05, 0) is 18.4 Å². The minimum atomic E-state index is 0.0787. The quantitative estimate of drug-likeness (QED) is 0.878. The molecule has 1 aliphatic rings. The summed E-state index contributed by atoms with van der Waals surface area (Å²) in [5.41, 5.74) is 0. The smallest absolute Gasteiger partial charge is 0.226 e. The lowest BCUT2D eigenvalue weighted by molar-refractivity contribution is -0.0819. The molecule has 6 nitrogen and oxygen atoms in total. The Balaban J connectivity index is 1.76. The summed E-state index contributed by atoms with van der Waals surface area (Å²) in [7, 11) is 0. The van der Waals surface area contributed by atoms with Crippen LogP contribution in [0.15, 0.2) is 11.4 Å². The number of hydrogen-bond acceptors (Lipinski definition) is 7. The molecule has 1 unspecified atom stereocenters. The number of ether oxygens (including phenoxy) is 2. The van der Waals surface area contributed by atoms with Gasteiger partial charge in [0.2, 0.25) is 5.95 Å². The highest BCUT2D eigenvalue weighted by Gasteiger charge is 2.15. The van der Waals surface area contributed by atoms with Crippen molar-refractivity contribution in [2.45, 2.75) is 13.0 Å². The van der Waals surface area contributed by atoms with Crippen molar-refractivity contribution in [2.75, 3.05) is 43.5 Å². The van der Waals surface area contributed by atoms with Crippen LogP contribution < -0.4 is 10.6 Å². The van der Waals surface area contributed by atoms with Crippen LogP contribution in [0.1, 0.15) is 6.92 Å². The van der Waals surface area contributed by atoms with Gasteiger partial charge in [-0.25, -0.2) is 4.98 Å². The lowest BCUT2D eigenvalue weighted by Gasteiger charge is -2.23. The van der Waals surface area contributed by atoms with E-state index in [0.29, 0.717) is 32.3 Å². The fourth-order valence-electron chi connectivity index (χ4n) is 2.09. The average molecular weight is 294 g/mol. The van der Waals surface area contributed by atoms with E-state index in [4.69, 9.17) is 9.47 Å². The van der Waals surface area contributed by atoms with Gasteiger partial charge in [-0.2, -0.15) is 4.98 Å². The molecule has 0 radical (unpaired) electrons. The average Bonchev–Trinajstić information content (AvgIpc) is 2.95. The molecule has 0 amide bonds. The summed E-state index contributed by atoms with van der Waals surface area (Å²) in [6.07, 6.45) is 0.0787. The first-order valence-electron chi connectivity index (χ1n) is 6.79. The third-order valence-corrected chi connectivity index (χ3v) is 3.85. The molecular weight excluding hydrogens is 276 g/mol. The van der Waals surface area contributed by atoms with Crippen molar-refractivity contribution in [3.63, 3.8) is 0 Å². The number of thiophene rings is 1. The van der Waals surface area contributed by atoms with Crippen LogP contribution in [0.2, 0.25) is 0 Å². The van der Waals surface area contributed by atoms with Crippen molar-refractivity contribution in [3.05, 3.63) is 11.4 Å². The van der Waals surface area contributed by atoms with Crippen LogP contribution in [0.25, 0.3) is 10.2 Å². The van der Waals surface area contributed by atoms with Gasteiger partial charge in [-0.1, -0.05) is 0 Å². The summed E-state index contributed by atoms with van der Waals surface area (Å²) in [4.78, 5) is 9.99. The van der Waals surface area contributed by atoms with Crippen molar-refractivity contribution in [3.8, 4) is 0 Å². The van der Waals surface area contributed by atoms with E-state index in [1.807, 2.05) is 18.4 Å². The molecule has 2 N–H and O–H groups in total. The predicted octanol–water partition coefficient (Wildman–Crippen LogP) is 1.95. The Morgan fingerprint density at radius 2 is 2.30 bits per heavy atom. The molecule has 1 saturated heterocycles. The molecule has 2 aromatic rings. The second-order valence-corrected chi connectivity index (χ2v) is 5.41. The maximum Gasteiger partial charge on any atom is 0.226 e. The number of aromatic nitrogens is 2. The van der Waals surface area contributed by atoms with Gasteiger partial charge in [0, 0.05) is 13.1 Å². The van der Waals surface area contributed by atoms with Gasteiger partial charge < -0.3 is 20.1 Å². The Morgan fingerprint density at radius 1 is 1.35 bits per heavy atom. The van der Waals surface area contributed by atoms with Crippen LogP contribution in [0.4, 0.5) is 11.8 Å². The Morgan fingerprint density at radius 3 is 3.10 bits per heavy atom. The van der Waals surface area contributed by atoms with Crippen LogP contribution in [-0.4, -0.2) is 49.0 Å². The zero-order valence-corrected chi connectivity index (χ0v) is 12.2. The number of fused-ring (bicyclic) bond motifs is 1. The number of nitrogens with zero attached hydrogens (tertiary/aromatic N) is 2. The lowest BCUT2D eigenvalue weighted by atomic mass is 10.3. The molecule has 0 aromatic carbocycles. The van der Waals surface area contributed by atoms with Crippen LogP contribution >= 0.6 is 11.3 Å². The minimum absolute atomic E-state index is 0.0787. The summed E-state index contributed by atoms with van der Waals surface area (Å²) in [6.45, 7) is 5.49. The predicted molar refractivity (Wildman–Crippen MR) is 80.6 cm³/mol. The third kappa shape index (κ3) is 3.00. The molecular formula is C13H18N4O2S. The molecule has 3 rings (SSSR count). The Kier molecular flexibility index (Phi) is 4.29. The molecule has 0 spiro atoms. The zero-order valence-electron chi connectivity index (χ0n) is 11.4. The number of hydrogen-bond donors (Lipinski definition) is 2. The van der Waals surface area contributed by atoms with E-state index in [1.165, 1.54) is 0 Å². The fraction of sp³-hybridized carbons (Fsp3) is 0.538.